The van der Waals surface area contributed by atoms with Crippen molar-refractivity contribution < 1.29 is 14.4 Å². The molecule has 0 atom stereocenters. The molecule has 0 saturated heterocycles. The van der Waals surface area contributed by atoms with Crippen molar-refractivity contribution in [3.63, 3.8) is 0 Å². The lowest BCUT2D eigenvalue weighted by Crippen LogP contribution is -2.32. The molecule has 0 aliphatic heterocycles. The molecule has 6 nitrogen and oxygen atoms in total. The van der Waals surface area contributed by atoms with Crippen LogP contribution >= 0.6 is 0 Å². The standard InChI is InChI=1S/C15H21N3O3/c1-16(2)13(19)10-8-7-9-11(14(20)17(3)4)12(10)15(21)18(5)6/h7-9H,1-6H3. The molecule has 6 heteroatoms. The predicted molar refractivity (Wildman–Crippen MR) is 80.5 cm³/mol. The van der Waals surface area contributed by atoms with Crippen molar-refractivity contribution in [3.05, 3.63) is 34.9 Å². The molecule has 0 aromatic heterocycles. The van der Waals surface area contributed by atoms with Gasteiger partial charge in [-0.05, 0) is 12.1 Å². The van der Waals surface area contributed by atoms with E-state index in [0.29, 0.717) is 0 Å². The first kappa shape index (κ1) is 16.7. The number of hydrogen-bond acceptors (Lipinski definition) is 3. The van der Waals surface area contributed by atoms with Crippen molar-refractivity contribution in [2.45, 2.75) is 0 Å². The van der Waals surface area contributed by atoms with Crippen LogP contribution in [0.15, 0.2) is 18.2 Å². The number of carbonyl (C=O) groups excluding carboxylic acids is 3. The first-order valence-electron chi connectivity index (χ1n) is 6.46. The molecule has 0 aliphatic carbocycles. The van der Waals surface area contributed by atoms with E-state index in [1.54, 1.807) is 60.5 Å². The highest BCUT2D eigenvalue weighted by atomic mass is 16.2. The van der Waals surface area contributed by atoms with Crippen LogP contribution in [0.25, 0.3) is 0 Å². The monoisotopic (exact) mass is 291 g/mol. The van der Waals surface area contributed by atoms with Crippen LogP contribution in [0.1, 0.15) is 31.1 Å². The summed E-state index contributed by atoms with van der Waals surface area (Å²) in [5.74, 6) is -0.992. The zero-order valence-electron chi connectivity index (χ0n) is 13.3. The summed E-state index contributed by atoms with van der Waals surface area (Å²) < 4.78 is 0. The van der Waals surface area contributed by atoms with E-state index in [0.717, 1.165) is 0 Å². The maximum atomic E-state index is 12.4. The lowest BCUT2D eigenvalue weighted by molar-refractivity contribution is 0.0774. The minimum atomic E-state index is -0.369. The van der Waals surface area contributed by atoms with Gasteiger partial charge in [0.05, 0.1) is 16.7 Å². The second-order valence-corrected chi connectivity index (χ2v) is 5.33. The molecule has 0 unspecified atom stereocenters. The first-order valence-corrected chi connectivity index (χ1v) is 6.46. The fourth-order valence-electron chi connectivity index (χ4n) is 1.84. The van der Waals surface area contributed by atoms with Gasteiger partial charge in [0.25, 0.3) is 17.7 Å². The van der Waals surface area contributed by atoms with Crippen LogP contribution in [0, 0.1) is 0 Å². The smallest absolute Gasteiger partial charge is 0.254 e. The highest BCUT2D eigenvalue weighted by Gasteiger charge is 2.26. The van der Waals surface area contributed by atoms with Crippen LogP contribution in [0.5, 0.6) is 0 Å². The molecule has 114 valence electrons. The molecule has 0 heterocycles. The van der Waals surface area contributed by atoms with Crippen LogP contribution in [0.3, 0.4) is 0 Å². The highest BCUT2D eigenvalue weighted by Crippen LogP contribution is 2.19. The summed E-state index contributed by atoms with van der Waals surface area (Å²) in [7, 11) is 9.59. The normalized spacial score (nSPS) is 10.0. The summed E-state index contributed by atoms with van der Waals surface area (Å²) in [6.45, 7) is 0. The van der Waals surface area contributed by atoms with Gasteiger partial charge in [0.15, 0.2) is 0 Å². The van der Waals surface area contributed by atoms with Gasteiger partial charge in [-0.2, -0.15) is 0 Å². The molecular weight excluding hydrogens is 270 g/mol. The molecule has 0 N–H and O–H groups in total. The Labute approximate surface area is 124 Å². The van der Waals surface area contributed by atoms with Crippen molar-refractivity contribution in [3.8, 4) is 0 Å². The fraction of sp³-hybridized carbons (Fsp3) is 0.400. The maximum absolute atomic E-state index is 12.4. The number of benzene rings is 1. The Kier molecular flexibility index (Phi) is 5.07. The summed E-state index contributed by atoms with van der Waals surface area (Å²) in [5.41, 5.74) is 0.595. The topological polar surface area (TPSA) is 60.9 Å². The molecular formula is C15H21N3O3. The Morgan fingerprint density at radius 2 is 1.00 bits per heavy atom. The number of rotatable bonds is 3. The second-order valence-electron chi connectivity index (χ2n) is 5.33. The van der Waals surface area contributed by atoms with Crippen molar-refractivity contribution in [1.82, 2.24) is 14.7 Å². The minimum absolute atomic E-state index is 0.139. The summed E-state index contributed by atoms with van der Waals surface area (Å²) >= 11 is 0. The maximum Gasteiger partial charge on any atom is 0.254 e. The third-order valence-electron chi connectivity index (χ3n) is 2.96. The number of carbonyl (C=O) groups is 3. The van der Waals surface area contributed by atoms with Gasteiger partial charge in [-0.15, -0.1) is 0 Å². The van der Waals surface area contributed by atoms with Crippen LogP contribution in [0.4, 0.5) is 0 Å². The molecule has 0 radical (unpaired) electrons. The van der Waals surface area contributed by atoms with Gasteiger partial charge < -0.3 is 14.7 Å². The molecule has 21 heavy (non-hydrogen) atoms. The van der Waals surface area contributed by atoms with Gasteiger partial charge in [-0.3, -0.25) is 14.4 Å². The van der Waals surface area contributed by atoms with Gasteiger partial charge in [0.2, 0.25) is 0 Å². The van der Waals surface area contributed by atoms with Gasteiger partial charge >= 0.3 is 0 Å². The van der Waals surface area contributed by atoms with Crippen LogP contribution < -0.4 is 0 Å². The SMILES string of the molecule is CN(C)C(=O)c1cccc(C(=O)N(C)C)c1C(=O)N(C)C. The Hall–Kier alpha value is -2.37. The Morgan fingerprint density at radius 1 is 0.667 bits per heavy atom. The van der Waals surface area contributed by atoms with Crippen LogP contribution in [-0.2, 0) is 0 Å². The average Bonchev–Trinajstić information content (AvgIpc) is 2.43. The van der Waals surface area contributed by atoms with E-state index in [2.05, 4.69) is 0 Å². The Bertz CT molecular complexity index is 539. The van der Waals surface area contributed by atoms with Gasteiger partial charge in [-0.25, -0.2) is 0 Å². The highest BCUT2D eigenvalue weighted by molar-refractivity contribution is 6.13. The zero-order valence-corrected chi connectivity index (χ0v) is 13.3. The van der Waals surface area contributed by atoms with Gasteiger partial charge in [0.1, 0.15) is 0 Å². The lowest BCUT2D eigenvalue weighted by atomic mass is 9.98. The third-order valence-corrected chi connectivity index (χ3v) is 2.96. The fourth-order valence-corrected chi connectivity index (χ4v) is 1.84. The number of amides is 3. The Morgan fingerprint density at radius 3 is 1.29 bits per heavy atom. The predicted octanol–water partition coefficient (Wildman–Crippen LogP) is 0.792. The first-order chi connectivity index (χ1) is 9.68. The van der Waals surface area contributed by atoms with Gasteiger partial charge in [0, 0.05) is 42.3 Å². The van der Waals surface area contributed by atoms with Crippen LogP contribution in [0.2, 0.25) is 0 Å². The van der Waals surface area contributed by atoms with Crippen LogP contribution in [-0.4, -0.2) is 74.7 Å². The molecule has 0 spiro atoms. The van der Waals surface area contributed by atoms with E-state index in [-0.39, 0.29) is 34.4 Å². The molecule has 1 rings (SSSR count). The molecule has 1 aromatic rings. The van der Waals surface area contributed by atoms with E-state index in [9.17, 15) is 14.4 Å². The average molecular weight is 291 g/mol. The molecule has 0 bridgehead atoms. The summed E-state index contributed by atoms with van der Waals surface area (Å²) in [6.07, 6.45) is 0. The van der Waals surface area contributed by atoms with E-state index in [1.165, 1.54) is 14.7 Å². The lowest BCUT2D eigenvalue weighted by Gasteiger charge is -2.20. The Balaban J connectivity index is 3.60. The van der Waals surface area contributed by atoms with E-state index in [1.807, 2.05) is 0 Å². The summed E-state index contributed by atoms with van der Waals surface area (Å²) in [4.78, 5) is 41.1. The molecule has 3 amide bonds. The quantitative estimate of drug-likeness (QED) is 0.827. The molecule has 1 aromatic carbocycles. The molecule has 0 aliphatic rings. The van der Waals surface area contributed by atoms with Crippen molar-refractivity contribution in [1.29, 1.82) is 0 Å². The third kappa shape index (κ3) is 3.39. The summed E-state index contributed by atoms with van der Waals surface area (Å²) in [5, 5.41) is 0. The largest absolute Gasteiger partial charge is 0.345 e. The number of nitrogens with zero attached hydrogens (tertiary/aromatic N) is 3. The molecule has 0 fully saturated rings. The van der Waals surface area contributed by atoms with Gasteiger partial charge in [-0.1, -0.05) is 6.07 Å². The van der Waals surface area contributed by atoms with Crippen molar-refractivity contribution >= 4 is 17.7 Å². The van der Waals surface area contributed by atoms with Crippen molar-refractivity contribution in [2.24, 2.45) is 0 Å². The number of hydrogen-bond donors (Lipinski definition) is 0. The van der Waals surface area contributed by atoms with E-state index in [4.69, 9.17) is 0 Å². The summed E-state index contributed by atoms with van der Waals surface area (Å²) in [6, 6.07) is 4.73. The van der Waals surface area contributed by atoms with E-state index >= 15 is 0 Å². The van der Waals surface area contributed by atoms with E-state index < -0.39 is 0 Å². The van der Waals surface area contributed by atoms with Crippen molar-refractivity contribution in [2.75, 3.05) is 42.3 Å². The second kappa shape index (κ2) is 6.39. The minimum Gasteiger partial charge on any atom is -0.345 e. The zero-order chi connectivity index (χ0) is 16.3. The molecule has 0 saturated carbocycles.